The maximum atomic E-state index is 6.61. The highest BCUT2D eigenvalue weighted by atomic mass is 16.5. The van der Waals surface area contributed by atoms with Crippen molar-refractivity contribution >= 4 is 141 Å². The molecule has 31 rings (SSSR count). The fraction of sp³-hybridized carbons (Fsp3) is 0.0432. The van der Waals surface area contributed by atoms with Crippen LogP contribution in [0.3, 0.4) is 0 Å². The van der Waals surface area contributed by atoms with Gasteiger partial charge in [-0.1, -0.05) is 403 Å². The Balaban J connectivity index is 0.000000105. The molecule has 3 aliphatic heterocycles. The van der Waals surface area contributed by atoms with Crippen LogP contribution >= 0.6 is 0 Å². The van der Waals surface area contributed by atoms with E-state index in [1.165, 1.54) is 174 Å². The van der Waals surface area contributed by atoms with Crippen LogP contribution in [0.2, 0.25) is 0 Å². The molecule has 9 heteroatoms. The van der Waals surface area contributed by atoms with E-state index in [2.05, 4.69) is 465 Å². The Bertz CT molecular complexity index is 10400. The summed E-state index contributed by atoms with van der Waals surface area (Å²) >= 11 is 0. The van der Waals surface area contributed by atoms with Crippen LogP contribution in [-0.2, 0) is 19.3 Å². The van der Waals surface area contributed by atoms with Crippen LogP contribution in [0.5, 0.6) is 34.5 Å². The predicted molar refractivity (Wildman–Crippen MR) is 616 cm³/mol. The number of hydrogen-bond acceptors (Lipinski definition) is 6. The number of para-hydroxylation sites is 6. The van der Waals surface area contributed by atoms with Gasteiger partial charge in [-0.05, 0) is 276 Å². The Hall–Kier alpha value is -19.1. The molecule has 696 valence electrons. The van der Waals surface area contributed by atoms with Crippen molar-refractivity contribution in [3.05, 3.63) is 485 Å². The molecule has 0 N–H and O–H groups in total. The van der Waals surface area contributed by atoms with Gasteiger partial charge in [0.05, 0.1) is 33.6 Å². The summed E-state index contributed by atoms with van der Waals surface area (Å²) in [5.74, 6) is 8.17. The maximum Gasteiger partial charge on any atom is 0.153 e. The molecule has 0 amide bonds. The molecule has 0 atom stereocenters. The molecule has 0 saturated heterocycles. The Kier molecular flexibility index (Phi) is 20.0. The Morgan fingerprint density at radius 2 is 0.419 bits per heavy atom. The SMILES string of the molecule is CCc1nc2cccc3c2n1-c1c(cccc1-c1ccc2c(-c4ccc5ccccc5c4)c4ccccc4c(-c4ccc5ccccc5c4)c2c1)O3.CCc1nc2cccc3c2n1-c1c(cccc1-c1ccc2c(-c4cccc5ccccc45)c4ccccc4c(-c4cccc5ccccc45)c2c1)O3.CCc1nc2cccc3c2n1-c1c(cccc1-c1ccc2c(-c4ccccc4)c4ccccc4c(-c4ccccc4)c2c1)O3. The molecular formula is C139H92N6O3. The van der Waals surface area contributed by atoms with Gasteiger partial charge in [0.2, 0.25) is 0 Å². The van der Waals surface area contributed by atoms with Crippen molar-refractivity contribution in [2.24, 2.45) is 0 Å². The number of benzene rings is 25. The van der Waals surface area contributed by atoms with Gasteiger partial charge in [-0.2, -0.15) is 0 Å². The highest BCUT2D eigenvalue weighted by Gasteiger charge is 2.34. The standard InChI is InChI=1S/2C49H32N2O.C41H28N2O/c1-2-45-50-42-24-12-26-44-49(42)51(45)48-35(21-11-25-43(48)52-44)32-27-28-40-41(29-32)47(37-23-10-16-31-14-4-6-18-34(31)37)39-20-8-7-19-38(39)46(40)36-22-9-15-30-13-3-5-17-33(30)36;1-2-45-50-42-18-10-20-44-49(42)51(45)48-37(17-9-19-43(48)52-44)34-25-26-40-41(29-34)47(36-24-22-31-12-4-6-14-33(31)28-36)39-16-8-7-15-38(39)46(40)35-23-21-30-11-3-5-13-32(30)27-35;1-2-37-42-34-20-12-22-36-41(34)43(37)40-29(19-11-21-35(40)44-36)28-23-24-32-33(25-28)39(27-15-7-4-8-16-27)31-18-10-9-17-30(31)38(32)26-13-5-3-6-14-26/h2*3-29H,2H2,1H3;3-25H,2H2,1H3. The summed E-state index contributed by atoms with van der Waals surface area (Å²) in [6, 6.07) is 169. The Morgan fingerprint density at radius 1 is 0.169 bits per heavy atom. The molecule has 0 saturated carbocycles. The van der Waals surface area contributed by atoms with E-state index < -0.39 is 0 Å². The van der Waals surface area contributed by atoms with Gasteiger partial charge in [-0.25, -0.2) is 15.0 Å². The van der Waals surface area contributed by atoms with E-state index in [9.17, 15) is 0 Å². The van der Waals surface area contributed by atoms with Crippen LogP contribution in [0.1, 0.15) is 38.2 Å². The van der Waals surface area contributed by atoms with E-state index in [0.717, 1.165) is 155 Å². The molecule has 0 unspecified atom stereocenters. The number of nitrogens with zero attached hydrogens (tertiary/aromatic N) is 6. The first-order valence-electron chi connectivity index (χ1n) is 51.3. The van der Waals surface area contributed by atoms with E-state index >= 15 is 0 Å². The highest BCUT2D eigenvalue weighted by Crippen LogP contribution is 2.56. The summed E-state index contributed by atoms with van der Waals surface area (Å²) in [5.41, 5.74) is 30.7. The molecule has 0 spiro atoms. The molecule has 28 aromatic rings. The highest BCUT2D eigenvalue weighted by molar-refractivity contribution is 6.28. The molecule has 0 radical (unpaired) electrons. The minimum Gasteiger partial charge on any atom is -0.453 e. The smallest absolute Gasteiger partial charge is 0.153 e. The van der Waals surface area contributed by atoms with Crippen molar-refractivity contribution in [2.45, 2.75) is 40.0 Å². The van der Waals surface area contributed by atoms with Crippen molar-refractivity contribution in [3.8, 4) is 152 Å². The van der Waals surface area contributed by atoms with Gasteiger partial charge in [0.25, 0.3) is 0 Å². The summed E-state index contributed by atoms with van der Waals surface area (Å²) in [5, 5.41) is 24.8. The number of aromatic nitrogens is 6. The Morgan fingerprint density at radius 3 is 0.791 bits per heavy atom. The second-order valence-electron chi connectivity index (χ2n) is 38.9. The number of fused-ring (bicyclic) bond motifs is 16. The summed E-state index contributed by atoms with van der Waals surface area (Å²) in [7, 11) is 0. The predicted octanol–water partition coefficient (Wildman–Crippen LogP) is 37.6. The third-order valence-corrected chi connectivity index (χ3v) is 30.7. The fourth-order valence-corrected chi connectivity index (χ4v) is 24.3. The number of ether oxygens (including phenoxy) is 3. The van der Waals surface area contributed by atoms with Gasteiger partial charge in [-0.15, -0.1) is 0 Å². The zero-order valence-corrected chi connectivity index (χ0v) is 81.5. The maximum absolute atomic E-state index is 6.61. The number of aryl methyl sites for hydroxylation is 3. The van der Waals surface area contributed by atoms with E-state index in [-0.39, 0.29) is 0 Å². The normalized spacial score (nSPS) is 12.1. The topological polar surface area (TPSA) is 81.1 Å². The molecular weight excluding hydrogens is 1800 g/mol. The quantitative estimate of drug-likeness (QED) is 0.113. The van der Waals surface area contributed by atoms with Crippen molar-refractivity contribution in [3.63, 3.8) is 0 Å². The number of hydrogen-bond donors (Lipinski definition) is 0. The third-order valence-electron chi connectivity index (χ3n) is 30.7. The van der Waals surface area contributed by atoms with Crippen molar-refractivity contribution in [1.82, 2.24) is 28.7 Å². The minimum atomic E-state index is 0.811. The first kappa shape index (κ1) is 85.7. The lowest BCUT2D eigenvalue weighted by atomic mass is 9.82. The second-order valence-corrected chi connectivity index (χ2v) is 38.9. The lowest BCUT2D eigenvalue weighted by Crippen LogP contribution is -2.08. The van der Waals surface area contributed by atoms with Gasteiger partial charge >= 0.3 is 0 Å². The number of imidazole rings is 3. The average molecular weight is 1890 g/mol. The number of rotatable bonds is 12. The first-order chi connectivity index (χ1) is 73.3. The molecule has 3 aliphatic rings. The van der Waals surface area contributed by atoms with E-state index in [0.29, 0.717) is 0 Å². The van der Waals surface area contributed by atoms with Crippen molar-refractivity contribution in [2.75, 3.05) is 0 Å². The largest absolute Gasteiger partial charge is 0.453 e. The van der Waals surface area contributed by atoms with Gasteiger partial charge < -0.3 is 14.2 Å². The Labute approximate surface area is 854 Å². The van der Waals surface area contributed by atoms with Crippen LogP contribution in [0.15, 0.2) is 467 Å². The zero-order chi connectivity index (χ0) is 97.9. The lowest BCUT2D eigenvalue weighted by Gasteiger charge is -2.24. The molecule has 0 bridgehead atoms. The van der Waals surface area contributed by atoms with Crippen LogP contribution in [0, 0.1) is 0 Å². The average Bonchev–Trinajstić information content (AvgIpc) is 1.46. The van der Waals surface area contributed by atoms with E-state index in [4.69, 9.17) is 29.2 Å². The molecule has 148 heavy (non-hydrogen) atoms. The van der Waals surface area contributed by atoms with E-state index in [1.54, 1.807) is 0 Å². The molecule has 3 aromatic heterocycles. The first-order valence-corrected chi connectivity index (χ1v) is 51.3. The lowest BCUT2D eigenvalue weighted by molar-refractivity contribution is 0.474. The van der Waals surface area contributed by atoms with Crippen LogP contribution in [-0.4, -0.2) is 28.7 Å². The summed E-state index contributed by atoms with van der Waals surface area (Å²) < 4.78 is 26.7. The summed E-state index contributed by atoms with van der Waals surface area (Å²) in [6.45, 7) is 6.52. The molecule has 0 fully saturated rings. The van der Waals surface area contributed by atoms with Crippen LogP contribution in [0.4, 0.5) is 0 Å². The third kappa shape index (κ3) is 13.6. The fourth-order valence-electron chi connectivity index (χ4n) is 24.3. The van der Waals surface area contributed by atoms with Gasteiger partial charge in [0.15, 0.2) is 34.5 Å². The monoisotopic (exact) mass is 1890 g/mol. The molecule has 0 aliphatic carbocycles. The second kappa shape index (κ2) is 34.6. The molecule has 25 aromatic carbocycles. The van der Waals surface area contributed by atoms with Crippen molar-refractivity contribution in [1.29, 1.82) is 0 Å². The van der Waals surface area contributed by atoms with E-state index in [1.807, 2.05) is 36.4 Å². The van der Waals surface area contributed by atoms with Crippen LogP contribution < -0.4 is 14.2 Å². The zero-order valence-electron chi connectivity index (χ0n) is 81.5. The van der Waals surface area contributed by atoms with Gasteiger partial charge in [-0.3, -0.25) is 13.7 Å². The minimum absolute atomic E-state index is 0.811. The molecule has 6 heterocycles. The van der Waals surface area contributed by atoms with Crippen LogP contribution in [0.25, 0.3) is 258 Å². The summed E-state index contributed by atoms with van der Waals surface area (Å²) in [6.07, 6.45) is 2.45. The molecule has 9 nitrogen and oxygen atoms in total. The summed E-state index contributed by atoms with van der Waals surface area (Å²) in [4.78, 5) is 15.1. The van der Waals surface area contributed by atoms with Gasteiger partial charge in [0.1, 0.15) is 34.0 Å². The van der Waals surface area contributed by atoms with Gasteiger partial charge in [0, 0.05) is 36.0 Å². The van der Waals surface area contributed by atoms with Crippen molar-refractivity contribution < 1.29 is 14.2 Å².